The van der Waals surface area contributed by atoms with Gasteiger partial charge in [-0.3, -0.25) is 9.89 Å². The van der Waals surface area contributed by atoms with E-state index < -0.39 is 0 Å². The van der Waals surface area contributed by atoms with Crippen LogP contribution in [0.15, 0.2) is 30.3 Å². The van der Waals surface area contributed by atoms with Crippen LogP contribution in [-0.2, 0) is 0 Å². The SMILES string of the molecule is Cc1ccc(-c2cc(C(=O)N3CCCC(N)C3)[nH]n2)cc1.Cl. The summed E-state index contributed by atoms with van der Waals surface area (Å²) in [7, 11) is 0. The highest BCUT2D eigenvalue weighted by Gasteiger charge is 2.23. The third kappa shape index (κ3) is 3.48. The second-order valence-electron chi connectivity index (χ2n) is 5.69. The van der Waals surface area contributed by atoms with E-state index in [4.69, 9.17) is 5.73 Å². The molecule has 1 unspecified atom stereocenters. The first-order chi connectivity index (χ1) is 10.1. The summed E-state index contributed by atoms with van der Waals surface area (Å²) in [6.07, 6.45) is 1.95. The van der Waals surface area contributed by atoms with Crippen molar-refractivity contribution < 1.29 is 4.79 Å². The standard InChI is InChI=1S/C16H20N4O.ClH/c1-11-4-6-12(7-5-11)14-9-15(19-18-14)16(21)20-8-2-3-13(17)10-20;/h4-7,9,13H,2-3,8,10,17H2,1H3,(H,18,19);1H. The van der Waals surface area contributed by atoms with E-state index in [9.17, 15) is 4.79 Å². The van der Waals surface area contributed by atoms with Crippen LogP contribution in [0.3, 0.4) is 0 Å². The number of carbonyl (C=O) groups excluding carboxylic acids is 1. The number of H-pyrrole nitrogens is 1. The highest BCUT2D eigenvalue weighted by atomic mass is 35.5. The molecule has 118 valence electrons. The van der Waals surface area contributed by atoms with Gasteiger partial charge in [0.15, 0.2) is 0 Å². The van der Waals surface area contributed by atoms with Gasteiger partial charge < -0.3 is 10.6 Å². The highest BCUT2D eigenvalue weighted by molar-refractivity contribution is 5.93. The molecular formula is C16H21ClN4O. The first-order valence-electron chi connectivity index (χ1n) is 7.31. The molecule has 0 spiro atoms. The Morgan fingerprint density at radius 2 is 2.09 bits per heavy atom. The van der Waals surface area contributed by atoms with Crippen molar-refractivity contribution in [1.82, 2.24) is 15.1 Å². The van der Waals surface area contributed by atoms with Crippen molar-refractivity contribution in [3.63, 3.8) is 0 Å². The summed E-state index contributed by atoms with van der Waals surface area (Å²) < 4.78 is 0. The fraction of sp³-hybridized carbons (Fsp3) is 0.375. The van der Waals surface area contributed by atoms with Crippen LogP contribution in [0.5, 0.6) is 0 Å². The molecule has 1 amide bonds. The molecule has 1 aliphatic rings. The van der Waals surface area contributed by atoms with Gasteiger partial charge in [0.2, 0.25) is 0 Å². The third-order valence-corrected chi connectivity index (χ3v) is 3.90. The van der Waals surface area contributed by atoms with Crippen LogP contribution in [0, 0.1) is 6.92 Å². The quantitative estimate of drug-likeness (QED) is 0.892. The van der Waals surface area contributed by atoms with Crippen molar-refractivity contribution in [3.8, 4) is 11.3 Å². The van der Waals surface area contributed by atoms with Crippen molar-refractivity contribution in [2.24, 2.45) is 5.73 Å². The Kier molecular flexibility index (Phi) is 5.21. The molecule has 0 radical (unpaired) electrons. The lowest BCUT2D eigenvalue weighted by molar-refractivity contribution is 0.0703. The molecule has 1 fully saturated rings. The molecule has 1 aromatic carbocycles. The molecule has 1 aliphatic heterocycles. The molecule has 3 rings (SSSR count). The summed E-state index contributed by atoms with van der Waals surface area (Å²) in [5.41, 5.74) is 9.46. The van der Waals surface area contributed by atoms with Crippen LogP contribution < -0.4 is 5.73 Å². The van der Waals surface area contributed by atoms with Crippen LogP contribution in [0.1, 0.15) is 28.9 Å². The van der Waals surface area contributed by atoms with E-state index in [-0.39, 0.29) is 24.4 Å². The first-order valence-corrected chi connectivity index (χ1v) is 7.31. The van der Waals surface area contributed by atoms with E-state index >= 15 is 0 Å². The van der Waals surface area contributed by atoms with Crippen LogP contribution in [0.2, 0.25) is 0 Å². The van der Waals surface area contributed by atoms with Gasteiger partial charge in [0, 0.05) is 24.7 Å². The van der Waals surface area contributed by atoms with Crippen molar-refractivity contribution in [1.29, 1.82) is 0 Å². The van der Waals surface area contributed by atoms with Gasteiger partial charge >= 0.3 is 0 Å². The Labute approximate surface area is 136 Å². The summed E-state index contributed by atoms with van der Waals surface area (Å²) in [6, 6.07) is 9.99. The van der Waals surface area contributed by atoms with Gasteiger partial charge in [-0.2, -0.15) is 5.10 Å². The van der Waals surface area contributed by atoms with Gasteiger partial charge in [-0.05, 0) is 25.8 Å². The number of amides is 1. The van der Waals surface area contributed by atoms with Crippen molar-refractivity contribution >= 4 is 18.3 Å². The molecule has 0 aliphatic carbocycles. The monoisotopic (exact) mass is 320 g/mol. The zero-order valence-electron chi connectivity index (χ0n) is 12.6. The van der Waals surface area contributed by atoms with E-state index in [0.717, 1.165) is 30.6 Å². The summed E-state index contributed by atoms with van der Waals surface area (Å²) >= 11 is 0. The number of aryl methyl sites for hydroxylation is 1. The maximum atomic E-state index is 12.4. The molecule has 0 bridgehead atoms. The van der Waals surface area contributed by atoms with Crippen molar-refractivity contribution in [3.05, 3.63) is 41.6 Å². The van der Waals surface area contributed by atoms with Gasteiger partial charge in [0.05, 0.1) is 5.69 Å². The average Bonchev–Trinajstić information content (AvgIpc) is 2.97. The lowest BCUT2D eigenvalue weighted by atomic mass is 10.1. The van der Waals surface area contributed by atoms with Crippen LogP contribution >= 0.6 is 12.4 Å². The summed E-state index contributed by atoms with van der Waals surface area (Å²) in [6.45, 7) is 3.44. The van der Waals surface area contributed by atoms with Gasteiger partial charge in [0.25, 0.3) is 5.91 Å². The van der Waals surface area contributed by atoms with Gasteiger partial charge in [0.1, 0.15) is 5.69 Å². The molecule has 3 N–H and O–H groups in total. The summed E-state index contributed by atoms with van der Waals surface area (Å²) in [5, 5.41) is 7.10. The maximum absolute atomic E-state index is 12.4. The fourth-order valence-electron chi connectivity index (χ4n) is 2.67. The Morgan fingerprint density at radius 3 is 2.77 bits per heavy atom. The molecular weight excluding hydrogens is 300 g/mol. The number of nitrogens with two attached hydrogens (primary N) is 1. The van der Waals surface area contributed by atoms with Crippen molar-refractivity contribution in [2.45, 2.75) is 25.8 Å². The number of aromatic nitrogens is 2. The number of rotatable bonds is 2. The van der Waals surface area contributed by atoms with Gasteiger partial charge in [-0.1, -0.05) is 29.8 Å². The number of nitrogens with one attached hydrogen (secondary N) is 1. The molecule has 22 heavy (non-hydrogen) atoms. The van der Waals surface area contributed by atoms with Crippen LogP contribution in [0.4, 0.5) is 0 Å². The average molecular weight is 321 g/mol. The van der Waals surface area contributed by atoms with E-state index in [0.29, 0.717) is 12.2 Å². The molecule has 6 heteroatoms. The lowest BCUT2D eigenvalue weighted by Crippen LogP contribution is -2.45. The highest BCUT2D eigenvalue weighted by Crippen LogP contribution is 2.19. The minimum absolute atomic E-state index is 0. The third-order valence-electron chi connectivity index (χ3n) is 3.90. The molecule has 1 saturated heterocycles. The number of hydrogen-bond acceptors (Lipinski definition) is 3. The number of piperidine rings is 1. The smallest absolute Gasteiger partial charge is 0.271 e. The van der Waals surface area contributed by atoms with Crippen LogP contribution in [-0.4, -0.2) is 40.1 Å². The Hall–Kier alpha value is -1.85. The number of carbonyl (C=O) groups is 1. The molecule has 5 nitrogen and oxygen atoms in total. The lowest BCUT2D eigenvalue weighted by Gasteiger charge is -2.30. The predicted octanol–water partition coefficient (Wildman–Crippen LogP) is 2.37. The second-order valence-corrected chi connectivity index (χ2v) is 5.69. The Balaban J connectivity index is 0.00000176. The van der Waals surface area contributed by atoms with Gasteiger partial charge in [-0.15, -0.1) is 12.4 Å². The maximum Gasteiger partial charge on any atom is 0.271 e. The number of benzene rings is 1. The number of hydrogen-bond donors (Lipinski definition) is 2. The Morgan fingerprint density at radius 1 is 1.36 bits per heavy atom. The second kappa shape index (κ2) is 6.94. The van der Waals surface area contributed by atoms with Crippen molar-refractivity contribution in [2.75, 3.05) is 13.1 Å². The predicted molar refractivity (Wildman–Crippen MR) is 89.1 cm³/mol. The van der Waals surface area contributed by atoms with Gasteiger partial charge in [-0.25, -0.2) is 0 Å². The van der Waals surface area contributed by atoms with E-state index in [1.807, 2.05) is 37.3 Å². The Bertz CT molecular complexity index is 638. The zero-order valence-corrected chi connectivity index (χ0v) is 13.4. The summed E-state index contributed by atoms with van der Waals surface area (Å²) in [4.78, 5) is 14.2. The molecule has 2 heterocycles. The summed E-state index contributed by atoms with van der Waals surface area (Å²) in [5.74, 6) is -0.0176. The number of nitrogens with zero attached hydrogens (tertiary/aromatic N) is 2. The molecule has 1 atom stereocenters. The van der Waals surface area contributed by atoms with E-state index in [2.05, 4.69) is 10.2 Å². The van der Waals surface area contributed by atoms with E-state index in [1.54, 1.807) is 4.90 Å². The molecule has 1 aromatic heterocycles. The fourth-order valence-corrected chi connectivity index (χ4v) is 2.67. The zero-order chi connectivity index (χ0) is 14.8. The number of likely N-dealkylation sites (tertiary alicyclic amines) is 1. The minimum Gasteiger partial charge on any atom is -0.336 e. The number of aromatic amines is 1. The largest absolute Gasteiger partial charge is 0.336 e. The topological polar surface area (TPSA) is 75.0 Å². The molecule has 2 aromatic rings. The first kappa shape index (κ1) is 16.5. The van der Waals surface area contributed by atoms with E-state index in [1.165, 1.54) is 5.56 Å². The minimum atomic E-state index is -0.0176. The normalized spacial score (nSPS) is 17.9. The number of halogens is 1. The van der Waals surface area contributed by atoms with Crippen LogP contribution in [0.25, 0.3) is 11.3 Å². The molecule has 0 saturated carbocycles.